The van der Waals surface area contributed by atoms with Gasteiger partial charge in [0.1, 0.15) is 5.75 Å². The molecule has 0 spiro atoms. The lowest BCUT2D eigenvalue weighted by Crippen LogP contribution is -2.34. The minimum absolute atomic E-state index is 0.0424. The number of rotatable bonds is 4. The number of nitrogens with one attached hydrogen (secondary N) is 1. The van der Waals surface area contributed by atoms with Crippen LogP contribution in [0, 0.1) is 5.92 Å². The fourth-order valence-electron chi connectivity index (χ4n) is 2.71. The Morgan fingerprint density at radius 2 is 2.00 bits per heavy atom. The molecule has 21 heavy (non-hydrogen) atoms. The molecule has 0 aliphatic heterocycles. The first-order valence-electron chi connectivity index (χ1n) is 7.28. The number of halogens is 1. The predicted molar refractivity (Wildman–Crippen MR) is 87.1 cm³/mol. The van der Waals surface area contributed by atoms with E-state index in [1.807, 2.05) is 0 Å². The summed E-state index contributed by atoms with van der Waals surface area (Å²) in [6.45, 7) is 2.23. The lowest BCUT2D eigenvalue weighted by Gasteiger charge is -2.17. The summed E-state index contributed by atoms with van der Waals surface area (Å²) >= 11 is 3.33. The van der Waals surface area contributed by atoms with E-state index < -0.39 is 10.0 Å². The van der Waals surface area contributed by atoms with E-state index in [-0.39, 0.29) is 10.9 Å². The molecule has 4 nitrogen and oxygen atoms in total. The van der Waals surface area contributed by atoms with Crippen molar-refractivity contribution in [3.63, 3.8) is 0 Å². The lowest BCUT2D eigenvalue weighted by atomic mass is 10.0. The Balaban J connectivity index is 2.12. The fourth-order valence-corrected chi connectivity index (χ4v) is 4.73. The molecule has 6 heteroatoms. The quantitative estimate of drug-likeness (QED) is 0.816. The van der Waals surface area contributed by atoms with Gasteiger partial charge in [-0.1, -0.05) is 19.8 Å². The Morgan fingerprint density at radius 3 is 2.67 bits per heavy atom. The summed E-state index contributed by atoms with van der Waals surface area (Å²) in [7, 11) is -1.92. The Kier molecular flexibility index (Phi) is 5.68. The molecule has 1 fully saturated rings. The SMILES string of the molecule is COc1ccc(S(=O)(=O)NC2CCCC(C)CC2)cc1Br. The van der Waals surface area contributed by atoms with E-state index >= 15 is 0 Å². The van der Waals surface area contributed by atoms with E-state index in [2.05, 4.69) is 27.6 Å². The normalized spacial score (nSPS) is 23.6. The molecular weight excluding hydrogens is 354 g/mol. The smallest absolute Gasteiger partial charge is 0.240 e. The monoisotopic (exact) mass is 375 g/mol. The van der Waals surface area contributed by atoms with Crippen LogP contribution in [0.15, 0.2) is 27.6 Å². The van der Waals surface area contributed by atoms with Crippen molar-refractivity contribution in [1.29, 1.82) is 0 Å². The van der Waals surface area contributed by atoms with Crippen molar-refractivity contribution in [2.24, 2.45) is 5.92 Å². The van der Waals surface area contributed by atoms with E-state index in [4.69, 9.17) is 4.74 Å². The molecule has 1 aliphatic carbocycles. The van der Waals surface area contributed by atoms with E-state index in [1.54, 1.807) is 25.3 Å². The number of methoxy groups -OCH3 is 1. The van der Waals surface area contributed by atoms with Gasteiger partial charge in [-0.15, -0.1) is 0 Å². The van der Waals surface area contributed by atoms with E-state index in [1.165, 1.54) is 6.42 Å². The van der Waals surface area contributed by atoms with Crippen molar-refractivity contribution in [2.75, 3.05) is 7.11 Å². The second-order valence-electron chi connectivity index (χ2n) is 5.73. The number of hydrogen-bond donors (Lipinski definition) is 1. The van der Waals surface area contributed by atoms with Gasteiger partial charge in [-0.25, -0.2) is 13.1 Å². The van der Waals surface area contributed by atoms with Crippen LogP contribution in [0.2, 0.25) is 0 Å². The Bertz CT molecular complexity index is 589. The highest BCUT2D eigenvalue weighted by Crippen LogP contribution is 2.28. The fraction of sp³-hybridized carbons (Fsp3) is 0.600. The largest absolute Gasteiger partial charge is 0.496 e. The molecule has 0 aromatic heterocycles. The highest BCUT2D eigenvalue weighted by Gasteiger charge is 2.23. The first kappa shape index (κ1) is 16.8. The van der Waals surface area contributed by atoms with Gasteiger partial charge in [-0.05, 0) is 59.3 Å². The average Bonchev–Trinajstić information content (AvgIpc) is 2.63. The molecule has 0 heterocycles. The molecular formula is C15H22BrNO3S. The zero-order valence-corrected chi connectivity index (χ0v) is 14.8. The average molecular weight is 376 g/mol. The van der Waals surface area contributed by atoms with Crippen molar-refractivity contribution in [1.82, 2.24) is 4.72 Å². The van der Waals surface area contributed by atoms with Gasteiger partial charge < -0.3 is 4.74 Å². The van der Waals surface area contributed by atoms with Crippen molar-refractivity contribution in [3.05, 3.63) is 22.7 Å². The summed E-state index contributed by atoms with van der Waals surface area (Å²) in [5.41, 5.74) is 0. The van der Waals surface area contributed by atoms with Crippen LogP contribution in [0.25, 0.3) is 0 Å². The highest BCUT2D eigenvalue weighted by molar-refractivity contribution is 9.10. The summed E-state index contributed by atoms with van der Waals surface area (Å²) in [4.78, 5) is 0.271. The summed E-state index contributed by atoms with van der Waals surface area (Å²) in [5.74, 6) is 1.31. The molecule has 0 radical (unpaired) electrons. The molecule has 0 amide bonds. The first-order chi connectivity index (χ1) is 9.92. The number of ether oxygens (including phenoxy) is 1. The third-order valence-corrected chi connectivity index (χ3v) is 6.15. The van der Waals surface area contributed by atoms with E-state index in [0.717, 1.165) is 25.7 Å². The Labute approximate surface area is 135 Å². The molecule has 1 aliphatic rings. The van der Waals surface area contributed by atoms with Crippen LogP contribution in [0.5, 0.6) is 5.75 Å². The van der Waals surface area contributed by atoms with Crippen molar-refractivity contribution >= 4 is 26.0 Å². The molecule has 2 rings (SSSR count). The maximum Gasteiger partial charge on any atom is 0.240 e. The second kappa shape index (κ2) is 7.11. The van der Waals surface area contributed by atoms with Gasteiger partial charge in [-0.2, -0.15) is 0 Å². The third kappa shape index (κ3) is 4.44. The summed E-state index contributed by atoms with van der Waals surface area (Å²) in [6.07, 6.45) is 5.19. The third-order valence-electron chi connectivity index (χ3n) is 4.01. The molecule has 1 aromatic rings. The molecule has 0 saturated heterocycles. The number of sulfonamides is 1. The van der Waals surface area contributed by atoms with Gasteiger partial charge in [-0.3, -0.25) is 0 Å². The van der Waals surface area contributed by atoms with Crippen molar-refractivity contribution in [2.45, 2.75) is 50.0 Å². The molecule has 1 N–H and O–H groups in total. The zero-order chi connectivity index (χ0) is 15.5. The summed E-state index contributed by atoms with van der Waals surface area (Å²) in [5, 5.41) is 0. The second-order valence-corrected chi connectivity index (χ2v) is 8.30. The molecule has 0 bridgehead atoms. The summed E-state index contributed by atoms with van der Waals surface area (Å²) < 4.78 is 33.6. The number of benzene rings is 1. The molecule has 1 aromatic carbocycles. The van der Waals surface area contributed by atoms with Crippen molar-refractivity contribution < 1.29 is 13.2 Å². The maximum absolute atomic E-state index is 12.5. The van der Waals surface area contributed by atoms with Gasteiger partial charge in [0.25, 0.3) is 0 Å². The Hall–Kier alpha value is -0.590. The molecule has 2 atom stereocenters. The molecule has 118 valence electrons. The standard InChI is InChI=1S/C15H22BrNO3S/c1-11-4-3-5-12(7-6-11)17-21(18,19)13-8-9-15(20-2)14(16)10-13/h8-12,17H,3-7H2,1-2H3. The van der Waals surface area contributed by atoms with Crippen LogP contribution < -0.4 is 9.46 Å². The van der Waals surface area contributed by atoms with Gasteiger partial charge in [0.2, 0.25) is 10.0 Å². The highest BCUT2D eigenvalue weighted by atomic mass is 79.9. The lowest BCUT2D eigenvalue weighted by molar-refractivity contribution is 0.411. The molecule has 2 unspecified atom stereocenters. The zero-order valence-electron chi connectivity index (χ0n) is 12.4. The van der Waals surface area contributed by atoms with Crippen LogP contribution in [0.3, 0.4) is 0 Å². The van der Waals surface area contributed by atoms with Crippen LogP contribution in [0.4, 0.5) is 0 Å². The minimum Gasteiger partial charge on any atom is -0.496 e. The van der Waals surface area contributed by atoms with Crippen LogP contribution in [-0.2, 0) is 10.0 Å². The van der Waals surface area contributed by atoms with Crippen LogP contribution in [-0.4, -0.2) is 21.6 Å². The predicted octanol–water partition coefficient (Wildman–Crippen LogP) is 3.70. The van der Waals surface area contributed by atoms with Gasteiger partial charge in [0, 0.05) is 6.04 Å². The first-order valence-corrected chi connectivity index (χ1v) is 9.56. The van der Waals surface area contributed by atoms with Crippen LogP contribution in [0.1, 0.15) is 39.0 Å². The van der Waals surface area contributed by atoms with Gasteiger partial charge >= 0.3 is 0 Å². The number of hydrogen-bond acceptors (Lipinski definition) is 3. The topological polar surface area (TPSA) is 55.4 Å². The Morgan fingerprint density at radius 1 is 1.24 bits per heavy atom. The maximum atomic E-state index is 12.5. The van der Waals surface area contributed by atoms with E-state index in [9.17, 15) is 8.42 Å². The molecule has 1 saturated carbocycles. The van der Waals surface area contributed by atoms with Crippen molar-refractivity contribution in [3.8, 4) is 5.75 Å². The van der Waals surface area contributed by atoms with Gasteiger partial charge in [0.05, 0.1) is 16.5 Å². The van der Waals surface area contributed by atoms with Gasteiger partial charge in [0.15, 0.2) is 0 Å². The van der Waals surface area contributed by atoms with E-state index in [0.29, 0.717) is 16.1 Å². The minimum atomic E-state index is -3.48. The van der Waals surface area contributed by atoms with Crippen LogP contribution >= 0.6 is 15.9 Å². The summed E-state index contributed by atoms with van der Waals surface area (Å²) in [6, 6.07) is 4.86.